The van der Waals surface area contributed by atoms with Crippen molar-refractivity contribution in [2.45, 2.75) is 20.0 Å². The van der Waals surface area contributed by atoms with Crippen molar-refractivity contribution in [1.82, 2.24) is 15.1 Å². The summed E-state index contributed by atoms with van der Waals surface area (Å²) < 4.78 is 23.4. The van der Waals surface area contributed by atoms with Gasteiger partial charge in [-0.15, -0.1) is 0 Å². The molecule has 2 heterocycles. The lowest BCUT2D eigenvalue weighted by atomic mass is 10.2. The topological polar surface area (TPSA) is 81.0 Å². The van der Waals surface area contributed by atoms with Crippen molar-refractivity contribution in [2.75, 3.05) is 0 Å². The molecular weight excluding hydrogens is 301 g/mol. The highest BCUT2D eigenvalue weighted by molar-refractivity contribution is 5.52. The summed E-state index contributed by atoms with van der Waals surface area (Å²) in [5.41, 5.74) is 1.13. The van der Waals surface area contributed by atoms with E-state index in [0.717, 1.165) is 5.69 Å². The van der Waals surface area contributed by atoms with Crippen LogP contribution in [0.4, 0.5) is 4.39 Å². The van der Waals surface area contributed by atoms with Crippen molar-refractivity contribution in [3.63, 3.8) is 0 Å². The van der Waals surface area contributed by atoms with Crippen LogP contribution in [0, 0.1) is 5.82 Å². The third-order valence-electron chi connectivity index (χ3n) is 3.18. The molecule has 118 valence electrons. The third-order valence-corrected chi connectivity index (χ3v) is 3.18. The molecule has 3 rings (SSSR count). The van der Waals surface area contributed by atoms with Crippen LogP contribution in [0.2, 0.25) is 0 Å². The smallest absolute Gasteiger partial charge is 0.258 e. The molecule has 0 aliphatic rings. The Bertz CT molecular complexity index is 856. The van der Waals surface area contributed by atoms with Gasteiger partial charge in [0.25, 0.3) is 5.89 Å². The predicted molar refractivity (Wildman–Crippen MR) is 80.5 cm³/mol. The summed E-state index contributed by atoms with van der Waals surface area (Å²) in [6, 6.07) is 8.83. The lowest BCUT2D eigenvalue weighted by molar-refractivity contribution is 0.286. The molecule has 0 fully saturated rings. The van der Waals surface area contributed by atoms with Crippen LogP contribution < -0.4 is 10.3 Å². The molecular formula is C16H14FN3O3. The molecule has 0 atom stereocenters. The summed E-state index contributed by atoms with van der Waals surface area (Å²) in [6.07, 6.45) is 0.692. The normalized spacial score (nSPS) is 10.7. The number of H-pyrrole nitrogens is 1. The second kappa shape index (κ2) is 6.43. The molecule has 0 bridgehead atoms. The minimum Gasteiger partial charge on any atom is -0.485 e. The molecule has 0 unspecified atom stereocenters. The summed E-state index contributed by atoms with van der Waals surface area (Å²) in [7, 11) is 0. The van der Waals surface area contributed by atoms with Gasteiger partial charge in [-0.2, -0.15) is 4.98 Å². The average Bonchev–Trinajstić information content (AvgIpc) is 3.03. The van der Waals surface area contributed by atoms with Crippen LogP contribution >= 0.6 is 0 Å². The largest absolute Gasteiger partial charge is 0.485 e. The van der Waals surface area contributed by atoms with E-state index in [0.29, 0.717) is 23.6 Å². The maximum absolute atomic E-state index is 12.8. The molecule has 0 saturated heterocycles. The minimum absolute atomic E-state index is 0.0823. The quantitative estimate of drug-likeness (QED) is 0.783. The first-order chi connectivity index (χ1) is 11.1. The predicted octanol–water partition coefficient (Wildman–Crippen LogP) is 2.71. The number of aromatic nitrogens is 3. The standard InChI is InChI=1S/C16H14FN3O3/c1-2-12-7-10(8-15(21)18-12)16-19-14(20-23-16)9-22-13-5-3-11(17)4-6-13/h3-8H,2,9H2,1H3,(H,18,21). The monoisotopic (exact) mass is 315 g/mol. The van der Waals surface area contributed by atoms with Gasteiger partial charge in [-0.25, -0.2) is 4.39 Å². The first-order valence-corrected chi connectivity index (χ1v) is 7.08. The highest BCUT2D eigenvalue weighted by Crippen LogP contribution is 2.17. The van der Waals surface area contributed by atoms with Crippen molar-refractivity contribution < 1.29 is 13.7 Å². The summed E-state index contributed by atoms with van der Waals surface area (Å²) in [5, 5.41) is 3.81. The number of hydrogen-bond donors (Lipinski definition) is 1. The van der Waals surface area contributed by atoms with Crippen LogP contribution in [0.25, 0.3) is 11.5 Å². The van der Waals surface area contributed by atoms with Gasteiger partial charge in [0.15, 0.2) is 6.61 Å². The maximum Gasteiger partial charge on any atom is 0.258 e. The molecule has 0 radical (unpaired) electrons. The molecule has 7 heteroatoms. The number of rotatable bonds is 5. The van der Waals surface area contributed by atoms with E-state index in [4.69, 9.17) is 9.26 Å². The number of hydrogen-bond acceptors (Lipinski definition) is 5. The lowest BCUT2D eigenvalue weighted by Crippen LogP contribution is -2.07. The van der Waals surface area contributed by atoms with Gasteiger partial charge >= 0.3 is 0 Å². The molecule has 0 spiro atoms. The van der Waals surface area contributed by atoms with Gasteiger partial charge in [0, 0.05) is 17.3 Å². The second-order valence-electron chi connectivity index (χ2n) is 4.87. The summed E-state index contributed by atoms with van der Waals surface area (Å²) in [5.74, 6) is 0.758. The Balaban J connectivity index is 1.74. The van der Waals surface area contributed by atoms with Crippen molar-refractivity contribution in [2.24, 2.45) is 0 Å². The zero-order chi connectivity index (χ0) is 16.2. The minimum atomic E-state index is -0.333. The molecule has 3 aromatic rings. The zero-order valence-corrected chi connectivity index (χ0v) is 12.4. The van der Waals surface area contributed by atoms with E-state index in [1.807, 2.05) is 6.92 Å². The van der Waals surface area contributed by atoms with Crippen molar-refractivity contribution in [3.05, 3.63) is 64.1 Å². The van der Waals surface area contributed by atoms with Gasteiger partial charge in [-0.3, -0.25) is 4.79 Å². The van der Waals surface area contributed by atoms with E-state index in [1.165, 1.54) is 30.3 Å². The number of benzene rings is 1. The number of nitrogens with zero attached hydrogens (tertiary/aromatic N) is 2. The number of aromatic amines is 1. The van der Waals surface area contributed by atoms with E-state index >= 15 is 0 Å². The Morgan fingerprint density at radius 2 is 2.04 bits per heavy atom. The fourth-order valence-electron chi connectivity index (χ4n) is 2.02. The molecule has 0 aliphatic heterocycles. The first kappa shape index (κ1) is 15.0. The van der Waals surface area contributed by atoms with Crippen LogP contribution in [-0.4, -0.2) is 15.1 Å². The van der Waals surface area contributed by atoms with Gasteiger partial charge in [-0.05, 0) is 36.8 Å². The SMILES string of the molecule is CCc1cc(-c2nc(COc3ccc(F)cc3)no2)cc(=O)[nH]1. The van der Waals surface area contributed by atoms with E-state index in [1.54, 1.807) is 6.07 Å². The fraction of sp³-hybridized carbons (Fsp3) is 0.188. The maximum atomic E-state index is 12.8. The average molecular weight is 315 g/mol. The Hall–Kier alpha value is -2.96. The Labute approximate surface area is 130 Å². The Kier molecular flexibility index (Phi) is 4.18. The van der Waals surface area contributed by atoms with Crippen LogP contribution in [-0.2, 0) is 13.0 Å². The fourth-order valence-corrected chi connectivity index (χ4v) is 2.02. The molecule has 6 nitrogen and oxygen atoms in total. The van der Waals surface area contributed by atoms with E-state index in [-0.39, 0.29) is 23.9 Å². The van der Waals surface area contributed by atoms with Gasteiger partial charge in [0.1, 0.15) is 11.6 Å². The molecule has 0 amide bonds. The van der Waals surface area contributed by atoms with Crippen LogP contribution in [0.1, 0.15) is 18.4 Å². The number of ether oxygens (including phenoxy) is 1. The van der Waals surface area contributed by atoms with E-state index in [9.17, 15) is 9.18 Å². The van der Waals surface area contributed by atoms with Crippen molar-refractivity contribution in [3.8, 4) is 17.2 Å². The van der Waals surface area contributed by atoms with E-state index < -0.39 is 0 Å². The van der Waals surface area contributed by atoms with Gasteiger partial charge < -0.3 is 14.2 Å². The van der Waals surface area contributed by atoms with Crippen LogP contribution in [0.15, 0.2) is 45.7 Å². The highest BCUT2D eigenvalue weighted by atomic mass is 19.1. The van der Waals surface area contributed by atoms with Gasteiger partial charge in [0.05, 0.1) is 0 Å². The molecule has 1 N–H and O–H groups in total. The van der Waals surface area contributed by atoms with E-state index in [2.05, 4.69) is 15.1 Å². The van der Waals surface area contributed by atoms with Crippen LogP contribution in [0.5, 0.6) is 5.75 Å². The summed E-state index contributed by atoms with van der Waals surface area (Å²) >= 11 is 0. The number of aryl methyl sites for hydroxylation is 1. The van der Waals surface area contributed by atoms with Crippen molar-refractivity contribution in [1.29, 1.82) is 0 Å². The molecule has 1 aromatic carbocycles. The molecule has 2 aromatic heterocycles. The zero-order valence-electron chi connectivity index (χ0n) is 12.4. The van der Waals surface area contributed by atoms with Gasteiger partial charge in [-0.1, -0.05) is 12.1 Å². The summed E-state index contributed by atoms with van der Waals surface area (Å²) in [6.45, 7) is 2.02. The molecule has 0 aliphatic carbocycles. The first-order valence-electron chi connectivity index (χ1n) is 7.08. The van der Waals surface area contributed by atoms with Gasteiger partial charge in [0.2, 0.25) is 11.4 Å². The number of nitrogens with one attached hydrogen (secondary N) is 1. The summed E-state index contributed by atoms with van der Waals surface area (Å²) in [4.78, 5) is 18.5. The Morgan fingerprint density at radius 3 is 2.78 bits per heavy atom. The van der Waals surface area contributed by atoms with Crippen LogP contribution in [0.3, 0.4) is 0 Å². The third kappa shape index (κ3) is 3.63. The number of pyridine rings is 1. The molecule has 0 saturated carbocycles. The lowest BCUT2D eigenvalue weighted by Gasteiger charge is -2.02. The second-order valence-corrected chi connectivity index (χ2v) is 4.87. The number of halogens is 1. The Morgan fingerprint density at radius 1 is 1.26 bits per heavy atom. The molecule has 23 heavy (non-hydrogen) atoms. The highest BCUT2D eigenvalue weighted by Gasteiger charge is 2.11. The van der Waals surface area contributed by atoms with Crippen molar-refractivity contribution >= 4 is 0 Å².